The Labute approximate surface area is 109 Å². The molecule has 0 amide bonds. The van der Waals surface area contributed by atoms with Crippen LogP contribution in [-0.2, 0) is 0 Å². The molecule has 1 aliphatic carbocycles. The summed E-state index contributed by atoms with van der Waals surface area (Å²) in [5.41, 5.74) is 6.16. The van der Waals surface area contributed by atoms with Gasteiger partial charge in [0.25, 0.3) is 0 Å². The first-order valence-corrected chi connectivity index (χ1v) is 8.03. The molecule has 17 heavy (non-hydrogen) atoms. The molecule has 0 aromatic rings. The van der Waals surface area contributed by atoms with Crippen molar-refractivity contribution >= 4 is 0 Å². The predicted molar refractivity (Wildman–Crippen MR) is 77.1 cm³/mol. The van der Waals surface area contributed by atoms with Crippen LogP contribution in [-0.4, -0.2) is 6.04 Å². The molecule has 1 saturated carbocycles. The van der Waals surface area contributed by atoms with Gasteiger partial charge >= 0.3 is 0 Å². The maximum atomic E-state index is 6.16. The Hall–Kier alpha value is -0.0400. The van der Waals surface area contributed by atoms with E-state index >= 15 is 0 Å². The van der Waals surface area contributed by atoms with Gasteiger partial charge in [0.1, 0.15) is 0 Å². The third kappa shape index (κ3) is 5.90. The van der Waals surface area contributed by atoms with Crippen molar-refractivity contribution in [3.05, 3.63) is 0 Å². The lowest BCUT2D eigenvalue weighted by molar-refractivity contribution is 0.256. The van der Waals surface area contributed by atoms with Gasteiger partial charge < -0.3 is 5.73 Å². The molecule has 0 aromatic carbocycles. The lowest BCUT2D eigenvalue weighted by atomic mass is 9.80. The quantitative estimate of drug-likeness (QED) is 0.745. The van der Waals surface area contributed by atoms with Crippen molar-refractivity contribution in [2.45, 2.75) is 90.5 Å². The van der Waals surface area contributed by atoms with Gasteiger partial charge in [-0.2, -0.15) is 0 Å². The summed E-state index contributed by atoms with van der Waals surface area (Å²) in [5.74, 6) is 1.97. The highest BCUT2D eigenvalue weighted by atomic mass is 14.6. The molecule has 0 heterocycles. The fraction of sp³-hybridized carbons (Fsp3) is 1.00. The normalized spacial score (nSPS) is 33.0. The van der Waals surface area contributed by atoms with Crippen LogP contribution >= 0.6 is 0 Å². The third-order valence-electron chi connectivity index (χ3n) is 4.65. The molecule has 0 spiro atoms. The number of hydrogen-bond donors (Lipinski definition) is 1. The van der Waals surface area contributed by atoms with Gasteiger partial charge in [-0.3, -0.25) is 0 Å². The summed E-state index contributed by atoms with van der Waals surface area (Å²) in [6, 6.07) is 0.482. The zero-order chi connectivity index (χ0) is 12.5. The molecule has 1 heteroatoms. The lowest BCUT2D eigenvalue weighted by Crippen LogP contribution is -2.20. The van der Waals surface area contributed by atoms with E-state index in [0.29, 0.717) is 6.04 Å². The van der Waals surface area contributed by atoms with Gasteiger partial charge in [0.05, 0.1) is 0 Å². The molecule has 1 fully saturated rings. The maximum Gasteiger partial charge on any atom is 0.00388 e. The van der Waals surface area contributed by atoms with Crippen molar-refractivity contribution in [3.63, 3.8) is 0 Å². The van der Waals surface area contributed by atoms with E-state index in [4.69, 9.17) is 5.73 Å². The van der Waals surface area contributed by atoms with Crippen LogP contribution in [0, 0.1) is 11.8 Å². The number of rotatable bonds is 3. The van der Waals surface area contributed by atoms with E-state index in [2.05, 4.69) is 13.8 Å². The van der Waals surface area contributed by atoms with Crippen molar-refractivity contribution in [2.24, 2.45) is 17.6 Å². The Bertz CT molecular complexity index is 178. The van der Waals surface area contributed by atoms with Crippen LogP contribution in [0.5, 0.6) is 0 Å². The van der Waals surface area contributed by atoms with Crippen molar-refractivity contribution in [1.29, 1.82) is 0 Å². The molecule has 1 nitrogen and oxygen atoms in total. The van der Waals surface area contributed by atoms with E-state index in [0.717, 1.165) is 11.8 Å². The van der Waals surface area contributed by atoms with Gasteiger partial charge in [-0.1, -0.05) is 71.6 Å². The highest BCUT2D eigenvalue weighted by Gasteiger charge is 2.19. The second-order valence-corrected chi connectivity index (χ2v) is 6.05. The van der Waals surface area contributed by atoms with Crippen LogP contribution in [0.4, 0.5) is 0 Å². The Morgan fingerprint density at radius 3 is 2.18 bits per heavy atom. The fourth-order valence-electron chi connectivity index (χ4n) is 3.54. The van der Waals surface area contributed by atoms with Gasteiger partial charge in [-0.15, -0.1) is 0 Å². The molecule has 0 aliphatic heterocycles. The summed E-state index contributed by atoms with van der Waals surface area (Å²) < 4.78 is 0. The van der Waals surface area contributed by atoms with E-state index in [1.807, 2.05) is 0 Å². The van der Waals surface area contributed by atoms with Crippen LogP contribution in [0.25, 0.3) is 0 Å². The van der Waals surface area contributed by atoms with Gasteiger partial charge in [-0.25, -0.2) is 0 Å². The molecule has 3 atom stereocenters. The van der Waals surface area contributed by atoms with Crippen LogP contribution in [0.15, 0.2) is 0 Å². The molecule has 1 aliphatic rings. The van der Waals surface area contributed by atoms with E-state index in [1.165, 1.54) is 70.6 Å². The molecule has 0 radical (unpaired) electrons. The minimum absolute atomic E-state index is 0.482. The maximum absolute atomic E-state index is 6.16. The van der Waals surface area contributed by atoms with Gasteiger partial charge in [0, 0.05) is 6.04 Å². The van der Waals surface area contributed by atoms with E-state index < -0.39 is 0 Å². The largest absolute Gasteiger partial charge is 0.328 e. The summed E-state index contributed by atoms with van der Waals surface area (Å²) in [7, 11) is 0. The summed E-state index contributed by atoms with van der Waals surface area (Å²) in [4.78, 5) is 0. The first-order chi connectivity index (χ1) is 8.27. The summed E-state index contributed by atoms with van der Waals surface area (Å²) in [5, 5.41) is 0. The molecule has 2 N–H and O–H groups in total. The fourth-order valence-corrected chi connectivity index (χ4v) is 3.54. The Morgan fingerprint density at radius 1 is 0.824 bits per heavy atom. The topological polar surface area (TPSA) is 26.0 Å². The average Bonchev–Trinajstić information content (AvgIpc) is 2.35. The van der Waals surface area contributed by atoms with Crippen molar-refractivity contribution in [2.75, 3.05) is 0 Å². The van der Waals surface area contributed by atoms with Gasteiger partial charge in [0.2, 0.25) is 0 Å². The third-order valence-corrected chi connectivity index (χ3v) is 4.65. The molecular formula is C16H33N. The second-order valence-electron chi connectivity index (χ2n) is 6.05. The zero-order valence-electron chi connectivity index (χ0n) is 12.1. The molecular weight excluding hydrogens is 206 g/mol. The van der Waals surface area contributed by atoms with E-state index in [1.54, 1.807) is 0 Å². The molecule has 0 aromatic heterocycles. The Morgan fingerprint density at radius 2 is 1.47 bits per heavy atom. The van der Waals surface area contributed by atoms with Crippen LogP contribution in [0.2, 0.25) is 0 Å². The van der Waals surface area contributed by atoms with Crippen LogP contribution in [0.1, 0.15) is 84.5 Å². The van der Waals surface area contributed by atoms with E-state index in [-0.39, 0.29) is 0 Å². The van der Waals surface area contributed by atoms with Crippen molar-refractivity contribution in [3.8, 4) is 0 Å². The minimum Gasteiger partial charge on any atom is -0.328 e. The first-order valence-electron chi connectivity index (χ1n) is 8.03. The molecule has 102 valence electrons. The van der Waals surface area contributed by atoms with Crippen LogP contribution < -0.4 is 5.73 Å². The smallest absolute Gasteiger partial charge is 0.00388 e. The second kappa shape index (κ2) is 8.97. The van der Waals surface area contributed by atoms with Gasteiger partial charge in [-0.05, 0) is 24.7 Å². The van der Waals surface area contributed by atoms with E-state index in [9.17, 15) is 0 Å². The molecule has 3 unspecified atom stereocenters. The first kappa shape index (κ1) is 15.0. The lowest BCUT2D eigenvalue weighted by Gasteiger charge is -2.26. The average molecular weight is 239 g/mol. The minimum atomic E-state index is 0.482. The highest BCUT2D eigenvalue weighted by molar-refractivity contribution is 4.72. The van der Waals surface area contributed by atoms with Crippen LogP contribution in [0.3, 0.4) is 0 Å². The summed E-state index contributed by atoms with van der Waals surface area (Å²) >= 11 is 0. The summed E-state index contributed by atoms with van der Waals surface area (Å²) in [6.07, 6.45) is 15.2. The SMILES string of the molecule is CCCC1CCCC(N)CCCCCC1CC. The molecule has 0 bridgehead atoms. The number of nitrogens with two attached hydrogens (primary N) is 1. The monoisotopic (exact) mass is 239 g/mol. The Balaban J connectivity index is 2.50. The zero-order valence-corrected chi connectivity index (χ0v) is 12.1. The highest BCUT2D eigenvalue weighted by Crippen LogP contribution is 2.31. The van der Waals surface area contributed by atoms with Crippen molar-refractivity contribution < 1.29 is 0 Å². The Kier molecular flexibility index (Phi) is 7.92. The van der Waals surface area contributed by atoms with Crippen molar-refractivity contribution in [1.82, 2.24) is 0 Å². The predicted octanol–water partition coefficient (Wildman–Crippen LogP) is 4.89. The van der Waals surface area contributed by atoms with Gasteiger partial charge in [0.15, 0.2) is 0 Å². The number of hydrogen-bond acceptors (Lipinski definition) is 1. The molecule has 1 rings (SSSR count). The summed E-state index contributed by atoms with van der Waals surface area (Å²) in [6.45, 7) is 4.72. The molecule has 0 saturated heterocycles. The standard InChI is InChI=1S/C16H33N/c1-3-9-15-11-8-13-16(17)12-7-5-6-10-14(15)4-2/h14-16H,3-13,17H2,1-2H3.